The van der Waals surface area contributed by atoms with Gasteiger partial charge in [-0.3, -0.25) is 9.59 Å². The Labute approximate surface area is 166 Å². The van der Waals surface area contributed by atoms with Crippen molar-refractivity contribution in [3.63, 3.8) is 0 Å². The molecule has 4 nitrogen and oxygen atoms in total. The zero-order valence-electron chi connectivity index (χ0n) is 16.0. The second-order valence-corrected chi connectivity index (χ2v) is 8.49. The zero-order valence-corrected chi connectivity index (χ0v) is 16.8. The number of hydrogen-bond acceptors (Lipinski definition) is 3. The summed E-state index contributed by atoms with van der Waals surface area (Å²) in [6, 6.07) is 7.00. The van der Waals surface area contributed by atoms with Crippen LogP contribution in [-0.2, 0) is 4.79 Å². The van der Waals surface area contributed by atoms with E-state index in [9.17, 15) is 14.7 Å². The Morgan fingerprint density at radius 1 is 1.26 bits per heavy atom. The van der Waals surface area contributed by atoms with Gasteiger partial charge in [0.25, 0.3) is 0 Å². The van der Waals surface area contributed by atoms with Gasteiger partial charge in [0.15, 0.2) is 5.78 Å². The quantitative estimate of drug-likeness (QED) is 0.433. The van der Waals surface area contributed by atoms with Gasteiger partial charge < -0.3 is 10.0 Å². The third kappa shape index (κ3) is 4.61. The number of carbonyl (C=O) groups is 2. The molecule has 0 aliphatic heterocycles. The monoisotopic (exact) mass is 389 g/mol. The van der Waals surface area contributed by atoms with Crippen molar-refractivity contribution < 1.29 is 14.7 Å². The third-order valence-electron chi connectivity index (χ3n) is 5.94. The van der Waals surface area contributed by atoms with E-state index in [1.54, 1.807) is 43.3 Å². The fraction of sp³-hybridized carbons (Fsp3) is 0.545. The molecule has 1 aromatic rings. The highest BCUT2D eigenvalue weighted by molar-refractivity contribution is 6.31. The van der Waals surface area contributed by atoms with Gasteiger partial charge in [0.2, 0.25) is 5.91 Å². The molecule has 27 heavy (non-hydrogen) atoms. The van der Waals surface area contributed by atoms with Gasteiger partial charge in [-0.15, -0.1) is 0 Å². The number of halogens is 1. The highest BCUT2D eigenvalue weighted by atomic mass is 35.5. The van der Waals surface area contributed by atoms with E-state index in [0.29, 0.717) is 23.4 Å². The molecule has 1 amide bonds. The summed E-state index contributed by atoms with van der Waals surface area (Å²) in [4.78, 5) is 26.3. The molecular weight excluding hydrogens is 362 g/mol. The van der Waals surface area contributed by atoms with Gasteiger partial charge in [-0.25, -0.2) is 0 Å². The van der Waals surface area contributed by atoms with Gasteiger partial charge in [0.1, 0.15) is 0 Å². The second kappa shape index (κ2) is 8.57. The van der Waals surface area contributed by atoms with Crippen LogP contribution in [0.3, 0.4) is 0 Å². The third-order valence-corrected chi connectivity index (χ3v) is 6.17. The number of fused-ring (bicyclic) bond motifs is 1. The summed E-state index contributed by atoms with van der Waals surface area (Å²) in [6.07, 6.45) is 6.65. The molecule has 0 saturated heterocycles. The SMILES string of the molecule is CN(C)C(=O)CCCCC1=C[C@H]2C[C@@H](O)[C@H](C(=O)c3cccc(Cl)c3)[C@H]2C1. The normalized spacial score (nSPS) is 26.6. The van der Waals surface area contributed by atoms with Crippen LogP contribution in [0.5, 0.6) is 0 Å². The summed E-state index contributed by atoms with van der Waals surface area (Å²) in [5.41, 5.74) is 1.96. The second-order valence-electron chi connectivity index (χ2n) is 8.06. The van der Waals surface area contributed by atoms with E-state index < -0.39 is 6.10 Å². The smallest absolute Gasteiger partial charge is 0.222 e. The van der Waals surface area contributed by atoms with Crippen molar-refractivity contribution in [2.45, 2.75) is 44.6 Å². The lowest BCUT2D eigenvalue weighted by atomic mass is 9.84. The molecule has 0 heterocycles. The average Bonchev–Trinajstić information content (AvgIpc) is 3.13. The van der Waals surface area contributed by atoms with E-state index >= 15 is 0 Å². The van der Waals surface area contributed by atoms with E-state index in [1.807, 2.05) is 0 Å². The van der Waals surface area contributed by atoms with Crippen LogP contribution in [0.4, 0.5) is 0 Å². The summed E-state index contributed by atoms with van der Waals surface area (Å²) in [7, 11) is 3.57. The van der Waals surface area contributed by atoms with Crippen LogP contribution in [-0.4, -0.2) is 41.9 Å². The van der Waals surface area contributed by atoms with Gasteiger partial charge in [0.05, 0.1) is 12.0 Å². The molecule has 0 unspecified atom stereocenters. The summed E-state index contributed by atoms with van der Waals surface area (Å²) in [5, 5.41) is 11.0. The van der Waals surface area contributed by atoms with E-state index in [4.69, 9.17) is 11.6 Å². The molecule has 0 aromatic heterocycles. The van der Waals surface area contributed by atoms with Crippen molar-refractivity contribution in [1.82, 2.24) is 4.90 Å². The van der Waals surface area contributed by atoms with Crippen molar-refractivity contribution in [3.05, 3.63) is 46.5 Å². The number of nitrogens with zero attached hydrogens (tertiary/aromatic N) is 1. The number of ketones is 1. The van der Waals surface area contributed by atoms with Gasteiger partial charge in [-0.05, 0) is 56.1 Å². The van der Waals surface area contributed by atoms with Gasteiger partial charge >= 0.3 is 0 Å². The molecule has 0 spiro atoms. The average molecular weight is 390 g/mol. The number of rotatable bonds is 7. The number of hydrogen-bond donors (Lipinski definition) is 1. The Morgan fingerprint density at radius 2 is 2.04 bits per heavy atom. The molecule has 4 atom stereocenters. The van der Waals surface area contributed by atoms with Crippen molar-refractivity contribution >= 4 is 23.3 Å². The zero-order chi connectivity index (χ0) is 19.6. The number of carbonyl (C=O) groups excluding carboxylic acids is 2. The summed E-state index contributed by atoms with van der Waals surface area (Å²) in [6.45, 7) is 0. The largest absolute Gasteiger partial charge is 0.392 e. The van der Waals surface area contributed by atoms with Crippen LogP contribution in [0, 0.1) is 17.8 Å². The van der Waals surface area contributed by atoms with E-state index in [1.165, 1.54) is 5.57 Å². The highest BCUT2D eigenvalue weighted by Crippen LogP contribution is 2.48. The van der Waals surface area contributed by atoms with Crippen LogP contribution in [0.15, 0.2) is 35.9 Å². The molecule has 0 radical (unpaired) electrons. The van der Waals surface area contributed by atoms with Gasteiger partial charge in [-0.1, -0.05) is 35.4 Å². The summed E-state index contributed by atoms with van der Waals surface area (Å²) in [5.74, 6) is 0.292. The number of amides is 1. The van der Waals surface area contributed by atoms with Gasteiger partial charge in [-0.2, -0.15) is 0 Å². The molecule has 3 rings (SSSR count). The van der Waals surface area contributed by atoms with Crippen LogP contribution < -0.4 is 0 Å². The maximum atomic E-state index is 13.0. The molecule has 5 heteroatoms. The predicted octanol–water partition coefficient (Wildman–Crippen LogP) is 4.11. The molecule has 1 saturated carbocycles. The maximum absolute atomic E-state index is 13.0. The Hall–Kier alpha value is -1.65. The first kappa shape index (κ1) is 20.1. The Morgan fingerprint density at radius 3 is 2.74 bits per heavy atom. The molecule has 2 aliphatic carbocycles. The topological polar surface area (TPSA) is 57.6 Å². The van der Waals surface area contributed by atoms with Crippen molar-refractivity contribution in [2.75, 3.05) is 14.1 Å². The van der Waals surface area contributed by atoms with Crippen LogP contribution >= 0.6 is 11.6 Å². The van der Waals surface area contributed by atoms with E-state index in [-0.39, 0.29) is 29.4 Å². The first-order chi connectivity index (χ1) is 12.9. The number of Topliss-reactive ketones (excluding diaryl/α,β-unsaturated/α-hetero) is 1. The lowest BCUT2D eigenvalue weighted by Gasteiger charge is -2.21. The molecule has 1 aromatic carbocycles. The highest BCUT2D eigenvalue weighted by Gasteiger charge is 2.47. The summed E-state index contributed by atoms with van der Waals surface area (Å²) >= 11 is 6.03. The maximum Gasteiger partial charge on any atom is 0.222 e. The van der Waals surface area contributed by atoms with Crippen molar-refractivity contribution in [1.29, 1.82) is 0 Å². The standard InChI is InChI=1S/C22H28ClNO3/c1-24(2)20(26)9-4-3-6-14-10-16-13-19(25)21(18(16)11-14)22(27)15-7-5-8-17(23)12-15/h5,7-8,10,12,16,18-19,21,25H,3-4,6,9,11,13H2,1-2H3/t16-,18-,19+,21+/m0/s1. The number of benzene rings is 1. The molecule has 1 N–H and O–H groups in total. The number of aliphatic hydroxyl groups excluding tert-OH is 1. The fourth-order valence-electron chi connectivity index (χ4n) is 4.54. The molecule has 0 bridgehead atoms. The number of unbranched alkanes of at least 4 members (excludes halogenated alkanes) is 1. The predicted molar refractivity (Wildman–Crippen MR) is 107 cm³/mol. The first-order valence-electron chi connectivity index (χ1n) is 9.74. The van der Waals surface area contributed by atoms with Crippen LogP contribution in [0.25, 0.3) is 0 Å². The van der Waals surface area contributed by atoms with Crippen LogP contribution in [0.1, 0.15) is 48.9 Å². The molecule has 146 valence electrons. The molecule has 1 fully saturated rings. The minimum Gasteiger partial charge on any atom is -0.392 e. The lowest BCUT2D eigenvalue weighted by Crippen LogP contribution is -2.28. The Bertz CT molecular complexity index is 743. The van der Waals surface area contributed by atoms with Crippen LogP contribution in [0.2, 0.25) is 5.02 Å². The van der Waals surface area contributed by atoms with Crippen molar-refractivity contribution in [2.24, 2.45) is 17.8 Å². The molecule has 2 aliphatic rings. The number of aliphatic hydroxyl groups is 1. The Balaban J connectivity index is 1.57. The Kier molecular flexibility index (Phi) is 6.38. The lowest BCUT2D eigenvalue weighted by molar-refractivity contribution is -0.128. The fourth-order valence-corrected chi connectivity index (χ4v) is 4.73. The minimum atomic E-state index is -0.581. The van der Waals surface area contributed by atoms with E-state index in [0.717, 1.165) is 25.7 Å². The van der Waals surface area contributed by atoms with Gasteiger partial charge in [0, 0.05) is 31.1 Å². The van der Waals surface area contributed by atoms with Crippen molar-refractivity contribution in [3.8, 4) is 0 Å². The molecular formula is C22H28ClNO3. The summed E-state index contributed by atoms with van der Waals surface area (Å²) < 4.78 is 0. The van der Waals surface area contributed by atoms with E-state index in [2.05, 4.69) is 6.08 Å². The minimum absolute atomic E-state index is 0.00345. The first-order valence-corrected chi connectivity index (χ1v) is 10.1. The number of allylic oxidation sites excluding steroid dienone is 2.